The van der Waals surface area contributed by atoms with Crippen molar-refractivity contribution in [3.05, 3.63) is 114 Å². The summed E-state index contributed by atoms with van der Waals surface area (Å²) in [6, 6.07) is 30.4. The first kappa shape index (κ1) is 24.5. The van der Waals surface area contributed by atoms with Gasteiger partial charge in [-0.15, -0.1) is 0 Å². The van der Waals surface area contributed by atoms with Crippen LogP contribution in [0.3, 0.4) is 0 Å². The third-order valence-electron chi connectivity index (χ3n) is 6.14. The van der Waals surface area contributed by atoms with Crippen molar-refractivity contribution in [2.24, 2.45) is 7.05 Å². The van der Waals surface area contributed by atoms with E-state index in [0.717, 1.165) is 21.6 Å². The molecule has 0 radical (unpaired) electrons. The summed E-state index contributed by atoms with van der Waals surface area (Å²) in [5.41, 5.74) is 2.77. The van der Waals surface area contributed by atoms with E-state index in [-0.39, 0.29) is 18.9 Å². The molecule has 0 bridgehead atoms. The standard InChI is InChI=1S/C28H29N5O3/c1-32(27(35)36)19-18-25(34)30-24-20-29-33(2)26(24)31-28(21-12-6-3-7-13-21,22-14-8-4-9-15-22)23-16-10-5-11-17-23/h3-17,20,31H,18-19H2,1-2H3,(H,30,34)(H,35,36). The van der Waals surface area contributed by atoms with E-state index in [2.05, 4.69) is 52.1 Å². The maximum Gasteiger partial charge on any atom is 0.407 e. The lowest BCUT2D eigenvalue weighted by Gasteiger charge is -2.38. The molecule has 0 spiro atoms. The average Bonchev–Trinajstić information content (AvgIpc) is 3.25. The number of amides is 2. The van der Waals surface area contributed by atoms with Gasteiger partial charge in [-0.25, -0.2) is 4.79 Å². The van der Waals surface area contributed by atoms with Gasteiger partial charge in [-0.05, 0) is 16.7 Å². The number of hydrogen-bond acceptors (Lipinski definition) is 4. The van der Waals surface area contributed by atoms with E-state index in [4.69, 9.17) is 5.11 Å². The first-order valence-electron chi connectivity index (χ1n) is 11.6. The highest BCUT2D eigenvalue weighted by Gasteiger charge is 2.37. The zero-order valence-electron chi connectivity index (χ0n) is 20.3. The Morgan fingerprint density at radius 1 is 0.889 bits per heavy atom. The van der Waals surface area contributed by atoms with Crippen LogP contribution < -0.4 is 10.6 Å². The van der Waals surface area contributed by atoms with E-state index >= 15 is 0 Å². The number of aryl methyl sites for hydroxylation is 1. The zero-order valence-corrected chi connectivity index (χ0v) is 20.3. The van der Waals surface area contributed by atoms with Gasteiger partial charge in [-0.1, -0.05) is 91.0 Å². The minimum absolute atomic E-state index is 0.0261. The quantitative estimate of drug-likeness (QED) is 0.298. The number of carboxylic acid groups (broad SMARTS) is 1. The number of carbonyl (C=O) groups is 2. The molecular weight excluding hydrogens is 454 g/mol. The highest BCUT2D eigenvalue weighted by atomic mass is 16.4. The van der Waals surface area contributed by atoms with Crippen molar-refractivity contribution in [3.63, 3.8) is 0 Å². The van der Waals surface area contributed by atoms with E-state index in [0.29, 0.717) is 11.5 Å². The summed E-state index contributed by atoms with van der Waals surface area (Å²) >= 11 is 0. The minimum Gasteiger partial charge on any atom is -0.465 e. The Labute approximate surface area is 210 Å². The first-order valence-corrected chi connectivity index (χ1v) is 11.6. The Balaban J connectivity index is 1.78. The van der Waals surface area contributed by atoms with Crippen molar-refractivity contribution >= 4 is 23.5 Å². The second kappa shape index (κ2) is 10.8. The summed E-state index contributed by atoms with van der Waals surface area (Å²) in [5, 5.41) is 20.1. The molecule has 0 aliphatic rings. The fraction of sp³-hybridized carbons (Fsp3) is 0.179. The second-order valence-electron chi connectivity index (χ2n) is 8.51. The van der Waals surface area contributed by atoms with Crippen LogP contribution in [0, 0.1) is 0 Å². The Kier molecular flexibility index (Phi) is 7.34. The molecule has 0 saturated heterocycles. The number of nitrogens with one attached hydrogen (secondary N) is 2. The van der Waals surface area contributed by atoms with Gasteiger partial charge >= 0.3 is 6.09 Å². The minimum atomic E-state index is -1.08. The van der Waals surface area contributed by atoms with Crippen LogP contribution in [0.5, 0.6) is 0 Å². The van der Waals surface area contributed by atoms with Gasteiger partial charge in [0.1, 0.15) is 17.0 Å². The topological polar surface area (TPSA) is 99.5 Å². The molecule has 3 N–H and O–H groups in total. The number of carbonyl (C=O) groups excluding carboxylic acids is 1. The molecule has 4 rings (SSSR count). The smallest absolute Gasteiger partial charge is 0.407 e. The van der Waals surface area contributed by atoms with Crippen molar-refractivity contribution in [1.82, 2.24) is 14.7 Å². The SMILES string of the molecule is CN(CCC(=O)Nc1cnn(C)c1NC(c1ccccc1)(c1ccccc1)c1ccccc1)C(=O)O. The molecule has 0 unspecified atom stereocenters. The van der Waals surface area contributed by atoms with Gasteiger partial charge in [0.25, 0.3) is 0 Å². The Hall–Kier alpha value is -4.59. The van der Waals surface area contributed by atoms with Crippen molar-refractivity contribution < 1.29 is 14.7 Å². The van der Waals surface area contributed by atoms with Crippen molar-refractivity contribution in [3.8, 4) is 0 Å². The lowest BCUT2D eigenvalue weighted by Crippen LogP contribution is -2.39. The molecule has 0 atom stereocenters. The van der Waals surface area contributed by atoms with Crippen LogP contribution in [0.25, 0.3) is 0 Å². The van der Waals surface area contributed by atoms with Gasteiger partial charge in [0.05, 0.1) is 6.20 Å². The molecule has 0 aliphatic carbocycles. The molecule has 0 fully saturated rings. The number of anilines is 2. The van der Waals surface area contributed by atoms with Crippen molar-refractivity contribution in [1.29, 1.82) is 0 Å². The van der Waals surface area contributed by atoms with Gasteiger partial charge in [0.15, 0.2) is 0 Å². The molecule has 8 nitrogen and oxygen atoms in total. The maximum absolute atomic E-state index is 12.7. The molecule has 1 heterocycles. The molecule has 1 aromatic heterocycles. The summed E-state index contributed by atoms with van der Waals surface area (Å²) in [7, 11) is 3.24. The Morgan fingerprint density at radius 2 is 1.36 bits per heavy atom. The largest absolute Gasteiger partial charge is 0.465 e. The number of aromatic nitrogens is 2. The molecule has 2 amide bonds. The van der Waals surface area contributed by atoms with Crippen LogP contribution in [-0.2, 0) is 17.4 Å². The molecule has 3 aromatic carbocycles. The summed E-state index contributed by atoms with van der Waals surface area (Å²) in [6.45, 7) is 0.0895. The molecule has 0 aliphatic heterocycles. The molecule has 4 aromatic rings. The van der Waals surface area contributed by atoms with E-state index in [9.17, 15) is 9.59 Å². The monoisotopic (exact) mass is 483 g/mol. The molecule has 184 valence electrons. The highest BCUT2D eigenvalue weighted by molar-refractivity contribution is 5.94. The number of hydrogen-bond donors (Lipinski definition) is 3. The third-order valence-corrected chi connectivity index (χ3v) is 6.14. The van der Waals surface area contributed by atoms with Gasteiger partial charge in [-0.2, -0.15) is 5.10 Å². The zero-order chi connectivity index (χ0) is 25.5. The normalized spacial score (nSPS) is 11.1. The molecule has 36 heavy (non-hydrogen) atoms. The van der Waals surface area contributed by atoms with Crippen molar-refractivity contribution in [2.75, 3.05) is 24.2 Å². The summed E-state index contributed by atoms with van der Waals surface area (Å²) in [6.07, 6.45) is 0.537. The molecule has 0 saturated carbocycles. The van der Waals surface area contributed by atoms with Crippen LogP contribution in [0.2, 0.25) is 0 Å². The van der Waals surface area contributed by atoms with E-state index in [1.165, 1.54) is 7.05 Å². The molecular formula is C28H29N5O3. The van der Waals surface area contributed by atoms with Gasteiger partial charge < -0.3 is 20.6 Å². The lowest BCUT2D eigenvalue weighted by molar-refractivity contribution is -0.116. The van der Waals surface area contributed by atoms with Crippen LogP contribution in [0.15, 0.2) is 97.2 Å². The fourth-order valence-electron chi connectivity index (χ4n) is 4.21. The van der Waals surface area contributed by atoms with Gasteiger partial charge in [0.2, 0.25) is 5.91 Å². The number of benzene rings is 3. The van der Waals surface area contributed by atoms with Gasteiger partial charge in [0, 0.05) is 27.1 Å². The number of rotatable bonds is 9. The van der Waals surface area contributed by atoms with Crippen LogP contribution in [0.4, 0.5) is 16.3 Å². The summed E-state index contributed by atoms with van der Waals surface area (Å²) < 4.78 is 1.68. The summed E-state index contributed by atoms with van der Waals surface area (Å²) in [4.78, 5) is 24.8. The predicted molar refractivity (Wildman–Crippen MR) is 140 cm³/mol. The molecule has 8 heteroatoms. The number of nitrogens with zero attached hydrogens (tertiary/aromatic N) is 3. The average molecular weight is 484 g/mol. The van der Waals surface area contributed by atoms with Crippen LogP contribution in [-0.4, -0.2) is 45.4 Å². The lowest BCUT2D eigenvalue weighted by atomic mass is 9.77. The van der Waals surface area contributed by atoms with E-state index < -0.39 is 11.6 Å². The predicted octanol–water partition coefficient (Wildman–Crippen LogP) is 4.76. The highest BCUT2D eigenvalue weighted by Crippen LogP contribution is 2.41. The van der Waals surface area contributed by atoms with Crippen LogP contribution >= 0.6 is 0 Å². The van der Waals surface area contributed by atoms with E-state index in [1.54, 1.807) is 10.9 Å². The van der Waals surface area contributed by atoms with Crippen LogP contribution in [0.1, 0.15) is 23.1 Å². The second-order valence-corrected chi connectivity index (χ2v) is 8.51. The van der Waals surface area contributed by atoms with E-state index in [1.807, 2.05) is 61.6 Å². The Bertz CT molecular complexity index is 1210. The Morgan fingerprint density at radius 3 is 1.81 bits per heavy atom. The first-order chi connectivity index (χ1) is 17.4. The fourth-order valence-corrected chi connectivity index (χ4v) is 4.21. The van der Waals surface area contributed by atoms with Gasteiger partial charge in [-0.3, -0.25) is 9.48 Å². The maximum atomic E-state index is 12.7. The third kappa shape index (κ3) is 5.07. The van der Waals surface area contributed by atoms with Crippen molar-refractivity contribution in [2.45, 2.75) is 12.0 Å². The summed E-state index contributed by atoms with van der Waals surface area (Å²) in [5.74, 6) is 0.315.